The maximum absolute atomic E-state index is 11.5. The summed E-state index contributed by atoms with van der Waals surface area (Å²) >= 11 is 0. The van der Waals surface area contributed by atoms with E-state index in [-0.39, 0.29) is 0 Å². The van der Waals surface area contributed by atoms with Gasteiger partial charge in [0.2, 0.25) is 5.91 Å². The van der Waals surface area contributed by atoms with Crippen LogP contribution in [0.5, 0.6) is 0 Å². The molecule has 0 aromatic carbocycles. The number of hydrogen-bond donors (Lipinski definition) is 4. The molecule has 0 aliphatic carbocycles. The van der Waals surface area contributed by atoms with Crippen molar-refractivity contribution in [1.82, 2.24) is 5.32 Å². The average Bonchev–Trinajstić information content (AvgIpc) is 2.11. The highest BCUT2D eigenvalue weighted by Gasteiger charge is 2.32. The van der Waals surface area contributed by atoms with Gasteiger partial charge in [-0.1, -0.05) is 13.8 Å². The van der Waals surface area contributed by atoms with E-state index < -0.39 is 43.5 Å². The number of carbonyl (C=O) groups is 1. The third-order valence-electron chi connectivity index (χ3n) is 1.78. The summed E-state index contributed by atoms with van der Waals surface area (Å²) in [6.45, 7) is -2.95. The number of aliphatic hydroxyl groups excluding tert-OH is 2. The fourth-order valence-corrected chi connectivity index (χ4v) is 0.681. The van der Waals surface area contributed by atoms with Crippen LogP contribution in [0, 0.1) is 5.41 Å². The SMILES string of the molecule is [2H]C([2H])(O)CC([2H])([2H])NC(=O)[C@H](O)C(C)(C)CO. The second-order valence-electron chi connectivity index (χ2n) is 3.55. The molecule has 84 valence electrons. The third kappa shape index (κ3) is 4.04. The van der Waals surface area contributed by atoms with Gasteiger partial charge in [-0.2, -0.15) is 0 Å². The molecule has 0 aliphatic heterocycles. The molecule has 0 saturated heterocycles. The molecule has 1 amide bonds. The average molecular weight is 209 g/mol. The topological polar surface area (TPSA) is 89.8 Å². The van der Waals surface area contributed by atoms with Gasteiger partial charge in [-0.3, -0.25) is 4.79 Å². The van der Waals surface area contributed by atoms with Gasteiger partial charge in [-0.05, 0) is 6.42 Å². The zero-order valence-corrected chi connectivity index (χ0v) is 8.24. The van der Waals surface area contributed by atoms with E-state index in [0.29, 0.717) is 0 Å². The Morgan fingerprint density at radius 1 is 1.57 bits per heavy atom. The molecular formula is C9H19NO4. The van der Waals surface area contributed by atoms with Crippen molar-refractivity contribution < 1.29 is 25.6 Å². The van der Waals surface area contributed by atoms with Crippen molar-refractivity contribution >= 4 is 5.91 Å². The zero-order valence-electron chi connectivity index (χ0n) is 12.2. The molecule has 0 heterocycles. The molecule has 0 radical (unpaired) electrons. The predicted molar refractivity (Wildman–Crippen MR) is 51.6 cm³/mol. The summed E-state index contributed by atoms with van der Waals surface area (Å²) in [5.74, 6) is -1.08. The fourth-order valence-electron chi connectivity index (χ4n) is 0.681. The van der Waals surface area contributed by atoms with Gasteiger partial charge in [-0.25, -0.2) is 0 Å². The Bertz CT molecular complexity index is 303. The molecule has 0 aromatic rings. The van der Waals surface area contributed by atoms with Crippen molar-refractivity contribution in [1.29, 1.82) is 0 Å². The van der Waals surface area contributed by atoms with Gasteiger partial charge < -0.3 is 20.6 Å². The van der Waals surface area contributed by atoms with E-state index in [0.717, 1.165) is 0 Å². The number of aliphatic hydroxyl groups is 3. The monoisotopic (exact) mass is 209 g/mol. The quantitative estimate of drug-likeness (QED) is 0.445. The molecule has 4 N–H and O–H groups in total. The normalized spacial score (nSPS) is 20.1. The van der Waals surface area contributed by atoms with Crippen LogP contribution in [0.4, 0.5) is 0 Å². The van der Waals surface area contributed by atoms with Gasteiger partial charge >= 0.3 is 0 Å². The Kier molecular flexibility index (Phi) is 3.24. The first-order chi connectivity index (χ1) is 7.81. The molecular weight excluding hydrogens is 186 g/mol. The van der Waals surface area contributed by atoms with Crippen LogP contribution in [0.25, 0.3) is 0 Å². The number of hydrogen-bond acceptors (Lipinski definition) is 4. The van der Waals surface area contributed by atoms with E-state index in [4.69, 9.17) is 15.7 Å². The van der Waals surface area contributed by atoms with Gasteiger partial charge in [0.15, 0.2) is 0 Å². The van der Waals surface area contributed by atoms with E-state index in [1.807, 2.05) is 0 Å². The van der Waals surface area contributed by atoms with E-state index in [2.05, 4.69) is 0 Å². The largest absolute Gasteiger partial charge is 0.396 e. The summed E-state index contributed by atoms with van der Waals surface area (Å²) < 4.78 is 28.3. The molecule has 5 heteroatoms. The van der Waals surface area contributed by atoms with Gasteiger partial charge in [-0.15, -0.1) is 0 Å². The minimum atomic E-state index is -2.78. The zero-order chi connectivity index (χ0) is 14.8. The van der Waals surface area contributed by atoms with E-state index in [1.165, 1.54) is 13.8 Å². The molecule has 0 spiro atoms. The molecule has 14 heavy (non-hydrogen) atoms. The second kappa shape index (κ2) is 5.95. The minimum Gasteiger partial charge on any atom is -0.396 e. The Balaban J connectivity index is 4.66. The molecule has 0 saturated carbocycles. The van der Waals surface area contributed by atoms with Crippen molar-refractivity contribution in [3.63, 3.8) is 0 Å². The summed E-state index contributed by atoms with van der Waals surface area (Å²) in [5, 5.41) is 29.2. The van der Waals surface area contributed by atoms with Crippen LogP contribution in [0.2, 0.25) is 0 Å². The number of carbonyl (C=O) groups excluding carboxylic acids is 1. The van der Waals surface area contributed by atoms with E-state index >= 15 is 0 Å². The molecule has 0 aliphatic rings. The number of rotatable bonds is 6. The molecule has 0 rings (SSSR count). The summed E-state index contributed by atoms with van der Waals surface area (Å²) in [6.07, 6.45) is -2.62. The predicted octanol–water partition coefficient (Wildman–Crippen LogP) is -1.14. The minimum absolute atomic E-state index is 0.481. The third-order valence-corrected chi connectivity index (χ3v) is 1.78. The molecule has 1 atom stereocenters. The lowest BCUT2D eigenvalue weighted by Crippen LogP contribution is -2.45. The van der Waals surface area contributed by atoms with Crippen LogP contribution in [0.15, 0.2) is 0 Å². The first kappa shape index (κ1) is 7.62. The summed E-state index contributed by atoms with van der Waals surface area (Å²) in [4.78, 5) is 11.5. The van der Waals surface area contributed by atoms with Crippen LogP contribution < -0.4 is 5.32 Å². The summed E-state index contributed by atoms with van der Waals surface area (Å²) in [7, 11) is 0. The maximum atomic E-state index is 11.5. The van der Waals surface area contributed by atoms with Gasteiger partial charge in [0.05, 0.1) is 9.35 Å². The summed E-state index contributed by atoms with van der Waals surface area (Å²) in [5.41, 5.74) is -1.15. The van der Waals surface area contributed by atoms with Crippen LogP contribution in [0.3, 0.4) is 0 Å². The summed E-state index contributed by atoms with van der Waals surface area (Å²) in [6, 6.07) is 0. The van der Waals surface area contributed by atoms with Crippen molar-refractivity contribution in [2.24, 2.45) is 5.41 Å². The van der Waals surface area contributed by atoms with Crippen LogP contribution in [0.1, 0.15) is 25.8 Å². The highest BCUT2D eigenvalue weighted by molar-refractivity contribution is 5.81. The highest BCUT2D eigenvalue weighted by atomic mass is 16.3. The van der Waals surface area contributed by atoms with Crippen LogP contribution in [-0.4, -0.2) is 47.0 Å². The van der Waals surface area contributed by atoms with Crippen molar-refractivity contribution in [3.8, 4) is 0 Å². The standard InChI is InChI=1S/C9H19NO4/c1-9(2,6-12)7(13)8(14)10-4-3-5-11/h7,11-13H,3-6H2,1-2H3,(H,10,14)/t7-/m0/s1/i4D2,5D2. The molecule has 0 aromatic heterocycles. The Hall–Kier alpha value is -0.650. The molecule has 0 unspecified atom stereocenters. The first-order valence-electron chi connectivity index (χ1n) is 6.14. The Morgan fingerprint density at radius 3 is 2.57 bits per heavy atom. The number of amides is 1. The molecule has 0 bridgehead atoms. The van der Waals surface area contributed by atoms with Crippen molar-refractivity contribution in [2.45, 2.75) is 26.4 Å². The van der Waals surface area contributed by atoms with Crippen molar-refractivity contribution in [3.05, 3.63) is 0 Å². The van der Waals surface area contributed by atoms with Crippen LogP contribution in [-0.2, 0) is 4.79 Å². The molecule has 0 fully saturated rings. The van der Waals surface area contributed by atoms with Crippen LogP contribution >= 0.6 is 0 Å². The van der Waals surface area contributed by atoms with Gasteiger partial charge in [0, 0.05) is 21.2 Å². The fraction of sp³-hybridized carbons (Fsp3) is 0.889. The lowest BCUT2D eigenvalue weighted by Gasteiger charge is -2.27. The highest BCUT2D eigenvalue weighted by Crippen LogP contribution is 2.19. The lowest BCUT2D eigenvalue weighted by atomic mass is 9.87. The van der Waals surface area contributed by atoms with Crippen molar-refractivity contribution in [2.75, 3.05) is 19.7 Å². The molecule has 5 nitrogen and oxygen atoms in total. The van der Waals surface area contributed by atoms with Gasteiger partial charge in [0.25, 0.3) is 0 Å². The smallest absolute Gasteiger partial charge is 0.249 e. The van der Waals surface area contributed by atoms with Gasteiger partial charge in [0.1, 0.15) is 6.10 Å². The lowest BCUT2D eigenvalue weighted by molar-refractivity contribution is -0.137. The first-order valence-corrected chi connectivity index (χ1v) is 4.14. The Morgan fingerprint density at radius 2 is 2.14 bits per heavy atom. The van der Waals surface area contributed by atoms with E-state index in [1.54, 1.807) is 5.32 Å². The van der Waals surface area contributed by atoms with E-state index in [9.17, 15) is 9.90 Å². The second-order valence-corrected chi connectivity index (χ2v) is 3.55. The number of nitrogens with one attached hydrogen (secondary N) is 1. The maximum Gasteiger partial charge on any atom is 0.249 e. The Labute approximate surface area is 89.4 Å².